The van der Waals surface area contributed by atoms with Crippen LogP contribution in [0.2, 0.25) is 0 Å². The fourth-order valence-electron chi connectivity index (χ4n) is 1.41. The van der Waals surface area contributed by atoms with Gasteiger partial charge in [-0.15, -0.1) is 0 Å². The maximum Gasteiger partial charge on any atom is 0.221 e. The molecule has 4 heteroatoms. The highest BCUT2D eigenvalue weighted by molar-refractivity contribution is 5.83. The van der Waals surface area contributed by atoms with Gasteiger partial charge in [0.15, 0.2) is 0 Å². The van der Waals surface area contributed by atoms with E-state index in [-0.39, 0.29) is 12.3 Å². The number of primary amides is 2. The van der Waals surface area contributed by atoms with E-state index in [1.54, 1.807) is 0 Å². The SMILES string of the molecule is CCCCCCC(CC(N)=O)C(N)=O. The number of nitrogens with two attached hydrogens (primary N) is 2. The Morgan fingerprint density at radius 3 is 2.21 bits per heavy atom. The summed E-state index contributed by atoms with van der Waals surface area (Å²) in [5, 5.41) is 0. The number of carbonyl (C=O) groups is 2. The lowest BCUT2D eigenvalue weighted by Crippen LogP contribution is -2.28. The molecule has 0 aliphatic carbocycles. The van der Waals surface area contributed by atoms with Crippen LogP contribution < -0.4 is 11.5 Å². The average Bonchev–Trinajstić information content (AvgIpc) is 2.09. The lowest BCUT2D eigenvalue weighted by molar-refractivity contribution is -0.127. The fraction of sp³-hybridized carbons (Fsp3) is 0.800. The third kappa shape index (κ3) is 6.46. The van der Waals surface area contributed by atoms with Crippen LogP contribution in [0.3, 0.4) is 0 Å². The summed E-state index contributed by atoms with van der Waals surface area (Å²) in [5.74, 6) is -1.24. The molecule has 0 aliphatic heterocycles. The molecule has 1 atom stereocenters. The molecule has 4 nitrogen and oxygen atoms in total. The summed E-state index contributed by atoms with van der Waals surface area (Å²) in [6.45, 7) is 2.12. The second-order valence-corrected chi connectivity index (χ2v) is 3.62. The molecule has 0 heterocycles. The number of hydrogen-bond acceptors (Lipinski definition) is 2. The summed E-state index contributed by atoms with van der Waals surface area (Å²) in [7, 11) is 0. The van der Waals surface area contributed by atoms with Crippen molar-refractivity contribution in [1.82, 2.24) is 0 Å². The number of hydrogen-bond donors (Lipinski definition) is 2. The van der Waals surface area contributed by atoms with Crippen LogP contribution in [0.25, 0.3) is 0 Å². The fourth-order valence-corrected chi connectivity index (χ4v) is 1.41. The number of carbonyl (C=O) groups excluding carboxylic acids is 2. The molecule has 4 N–H and O–H groups in total. The number of rotatable bonds is 8. The summed E-state index contributed by atoms with van der Waals surface area (Å²) < 4.78 is 0. The molecule has 0 rings (SSSR count). The molecule has 14 heavy (non-hydrogen) atoms. The molecule has 1 unspecified atom stereocenters. The van der Waals surface area contributed by atoms with Crippen molar-refractivity contribution in [1.29, 1.82) is 0 Å². The average molecular weight is 200 g/mol. The van der Waals surface area contributed by atoms with E-state index in [1.807, 2.05) is 0 Å². The van der Waals surface area contributed by atoms with Crippen LogP contribution in [-0.2, 0) is 9.59 Å². The molecule has 0 aromatic carbocycles. The molecular formula is C10H20N2O2. The quantitative estimate of drug-likeness (QED) is 0.571. The second kappa shape index (κ2) is 7.35. The van der Waals surface area contributed by atoms with Gasteiger partial charge in [0.05, 0.1) is 0 Å². The molecule has 0 saturated heterocycles. The predicted molar refractivity (Wildman–Crippen MR) is 55.3 cm³/mol. The minimum absolute atomic E-state index is 0.0848. The van der Waals surface area contributed by atoms with Crippen molar-refractivity contribution in [2.45, 2.75) is 45.4 Å². The molecule has 0 radical (unpaired) electrons. The van der Waals surface area contributed by atoms with E-state index in [0.29, 0.717) is 6.42 Å². The van der Waals surface area contributed by atoms with Gasteiger partial charge in [-0.2, -0.15) is 0 Å². The number of amides is 2. The van der Waals surface area contributed by atoms with E-state index < -0.39 is 11.8 Å². The summed E-state index contributed by atoms with van der Waals surface area (Å²) in [6.07, 6.45) is 5.09. The molecule has 2 amide bonds. The molecule has 0 aromatic rings. The molecule has 0 aliphatic rings. The summed E-state index contributed by atoms with van der Waals surface area (Å²) in [5.41, 5.74) is 10.2. The maximum absolute atomic E-state index is 10.9. The van der Waals surface area contributed by atoms with Gasteiger partial charge in [0.25, 0.3) is 0 Å². The second-order valence-electron chi connectivity index (χ2n) is 3.62. The molecule has 82 valence electrons. The van der Waals surface area contributed by atoms with E-state index in [2.05, 4.69) is 6.92 Å². The first-order chi connectivity index (χ1) is 6.57. The smallest absolute Gasteiger partial charge is 0.221 e. The third-order valence-corrected chi connectivity index (χ3v) is 2.26. The van der Waals surface area contributed by atoms with E-state index in [1.165, 1.54) is 0 Å². The topological polar surface area (TPSA) is 86.2 Å². The van der Waals surface area contributed by atoms with Gasteiger partial charge >= 0.3 is 0 Å². The summed E-state index contributed by atoms with van der Waals surface area (Å²) in [6, 6.07) is 0. The van der Waals surface area contributed by atoms with E-state index in [0.717, 1.165) is 25.7 Å². The van der Waals surface area contributed by atoms with Crippen LogP contribution >= 0.6 is 0 Å². The normalized spacial score (nSPS) is 12.4. The Hall–Kier alpha value is -1.06. The minimum Gasteiger partial charge on any atom is -0.370 e. The van der Waals surface area contributed by atoms with Crippen molar-refractivity contribution in [3.63, 3.8) is 0 Å². The van der Waals surface area contributed by atoms with Crippen molar-refractivity contribution in [2.24, 2.45) is 17.4 Å². The molecular weight excluding hydrogens is 180 g/mol. The Labute approximate surface area is 85.0 Å². The maximum atomic E-state index is 10.9. The van der Waals surface area contributed by atoms with Crippen molar-refractivity contribution in [3.05, 3.63) is 0 Å². The first-order valence-corrected chi connectivity index (χ1v) is 5.15. The molecule has 0 bridgehead atoms. The Balaban J connectivity index is 3.74. The predicted octanol–water partition coefficient (Wildman–Crippen LogP) is 0.934. The Morgan fingerprint density at radius 1 is 1.14 bits per heavy atom. The highest BCUT2D eigenvalue weighted by Gasteiger charge is 2.16. The Kier molecular flexibility index (Phi) is 6.80. The monoisotopic (exact) mass is 200 g/mol. The summed E-state index contributed by atoms with van der Waals surface area (Å²) in [4.78, 5) is 21.5. The highest BCUT2D eigenvalue weighted by Crippen LogP contribution is 2.13. The van der Waals surface area contributed by atoms with Gasteiger partial charge in [0, 0.05) is 12.3 Å². The van der Waals surface area contributed by atoms with Crippen LogP contribution in [0, 0.1) is 5.92 Å². The largest absolute Gasteiger partial charge is 0.370 e. The van der Waals surface area contributed by atoms with Gasteiger partial charge in [-0.05, 0) is 6.42 Å². The standard InChI is InChI=1S/C10H20N2O2/c1-2-3-4-5-6-8(10(12)14)7-9(11)13/h8H,2-7H2,1H3,(H2,11,13)(H2,12,14). The van der Waals surface area contributed by atoms with Crippen molar-refractivity contribution >= 4 is 11.8 Å². The third-order valence-electron chi connectivity index (χ3n) is 2.26. The van der Waals surface area contributed by atoms with Gasteiger partial charge in [0.1, 0.15) is 0 Å². The van der Waals surface area contributed by atoms with Crippen molar-refractivity contribution in [2.75, 3.05) is 0 Å². The zero-order chi connectivity index (χ0) is 11.0. The van der Waals surface area contributed by atoms with E-state index in [4.69, 9.17) is 11.5 Å². The first-order valence-electron chi connectivity index (χ1n) is 5.15. The summed E-state index contributed by atoms with van der Waals surface area (Å²) >= 11 is 0. The zero-order valence-corrected chi connectivity index (χ0v) is 8.79. The lowest BCUT2D eigenvalue weighted by Gasteiger charge is -2.10. The Bertz CT molecular complexity index is 193. The molecule has 0 fully saturated rings. The van der Waals surface area contributed by atoms with Crippen LogP contribution in [0.1, 0.15) is 45.4 Å². The van der Waals surface area contributed by atoms with Crippen LogP contribution in [0.15, 0.2) is 0 Å². The number of unbranched alkanes of at least 4 members (excludes halogenated alkanes) is 3. The van der Waals surface area contributed by atoms with E-state index >= 15 is 0 Å². The first kappa shape index (κ1) is 12.9. The highest BCUT2D eigenvalue weighted by atomic mass is 16.2. The zero-order valence-electron chi connectivity index (χ0n) is 8.79. The van der Waals surface area contributed by atoms with Gasteiger partial charge in [-0.3, -0.25) is 9.59 Å². The van der Waals surface area contributed by atoms with Gasteiger partial charge in [-0.1, -0.05) is 32.6 Å². The van der Waals surface area contributed by atoms with Crippen molar-refractivity contribution < 1.29 is 9.59 Å². The van der Waals surface area contributed by atoms with Crippen molar-refractivity contribution in [3.8, 4) is 0 Å². The van der Waals surface area contributed by atoms with Crippen LogP contribution in [-0.4, -0.2) is 11.8 Å². The molecule has 0 spiro atoms. The van der Waals surface area contributed by atoms with Crippen LogP contribution in [0.5, 0.6) is 0 Å². The minimum atomic E-state index is -0.454. The lowest BCUT2D eigenvalue weighted by atomic mass is 9.96. The Morgan fingerprint density at radius 2 is 1.79 bits per heavy atom. The molecule has 0 aromatic heterocycles. The van der Waals surface area contributed by atoms with Gasteiger partial charge < -0.3 is 11.5 Å². The van der Waals surface area contributed by atoms with Gasteiger partial charge in [-0.25, -0.2) is 0 Å². The molecule has 0 saturated carbocycles. The van der Waals surface area contributed by atoms with Gasteiger partial charge in [0.2, 0.25) is 11.8 Å². The van der Waals surface area contributed by atoms with Crippen LogP contribution in [0.4, 0.5) is 0 Å². The van der Waals surface area contributed by atoms with E-state index in [9.17, 15) is 9.59 Å².